The Morgan fingerprint density at radius 1 is 1.27 bits per heavy atom. The molecule has 0 spiro atoms. The molecular formula is C11H12N4. The predicted octanol–water partition coefficient (Wildman–Crippen LogP) is 1.68. The number of hydrogen-bond acceptors (Lipinski definition) is 3. The van der Waals surface area contributed by atoms with E-state index in [-0.39, 0.29) is 0 Å². The summed E-state index contributed by atoms with van der Waals surface area (Å²) in [6, 6.07) is 10.8. The van der Waals surface area contributed by atoms with Crippen molar-refractivity contribution in [3.8, 4) is 0 Å². The number of nitrogens with one attached hydrogen (secondary N) is 1. The van der Waals surface area contributed by atoms with Gasteiger partial charge in [-0.15, -0.1) is 0 Å². The molecule has 2 aromatic rings. The number of fused-ring (bicyclic) bond motifs is 1. The van der Waals surface area contributed by atoms with Gasteiger partial charge in [-0.2, -0.15) is 10.1 Å². The van der Waals surface area contributed by atoms with E-state index in [0.717, 1.165) is 18.9 Å². The number of anilines is 1. The highest BCUT2D eigenvalue weighted by atomic mass is 15.4. The van der Waals surface area contributed by atoms with Gasteiger partial charge in [-0.25, -0.2) is 4.68 Å². The quantitative estimate of drug-likeness (QED) is 0.761. The van der Waals surface area contributed by atoms with Crippen LogP contribution in [0.25, 0.3) is 0 Å². The number of aromatic nitrogens is 3. The molecule has 4 nitrogen and oxygen atoms in total. The molecule has 76 valence electrons. The van der Waals surface area contributed by atoms with E-state index < -0.39 is 0 Å². The van der Waals surface area contributed by atoms with Gasteiger partial charge in [0, 0.05) is 6.54 Å². The summed E-state index contributed by atoms with van der Waals surface area (Å²) in [5.74, 6) is 0.870. The molecule has 0 radical (unpaired) electrons. The average molecular weight is 200 g/mol. The second-order valence-electron chi connectivity index (χ2n) is 3.67. The lowest BCUT2D eigenvalue weighted by molar-refractivity contribution is 0.480. The van der Waals surface area contributed by atoms with Crippen molar-refractivity contribution >= 4 is 5.95 Å². The molecule has 2 heterocycles. The first-order valence-electron chi connectivity index (χ1n) is 5.13. The molecule has 0 amide bonds. The molecule has 4 heteroatoms. The molecule has 0 aliphatic carbocycles. The lowest BCUT2D eigenvalue weighted by atomic mass is 10.0. The van der Waals surface area contributed by atoms with Gasteiger partial charge >= 0.3 is 0 Å². The van der Waals surface area contributed by atoms with E-state index in [1.165, 1.54) is 5.56 Å². The first-order chi connectivity index (χ1) is 7.45. The highest BCUT2D eigenvalue weighted by Crippen LogP contribution is 2.26. The molecular weight excluding hydrogens is 188 g/mol. The van der Waals surface area contributed by atoms with Crippen LogP contribution in [0.2, 0.25) is 0 Å². The van der Waals surface area contributed by atoms with Crippen molar-refractivity contribution in [3.63, 3.8) is 0 Å². The molecule has 0 saturated heterocycles. The fourth-order valence-corrected chi connectivity index (χ4v) is 2.03. The molecule has 3 rings (SSSR count). The summed E-state index contributed by atoms with van der Waals surface area (Å²) in [5, 5.41) is 7.49. The predicted molar refractivity (Wildman–Crippen MR) is 57.7 cm³/mol. The van der Waals surface area contributed by atoms with Gasteiger partial charge in [0.1, 0.15) is 6.33 Å². The Balaban J connectivity index is 2.03. The summed E-state index contributed by atoms with van der Waals surface area (Å²) < 4.78 is 1.96. The van der Waals surface area contributed by atoms with Crippen LogP contribution in [0.4, 0.5) is 5.95 Å². The van der Waals surface area contributed by atoms with Crippen molar-refractivity contribution in [1.29, 1.82) is 0 Å². The van der Waals surface area contributed by atoms with Crippen molar-refractivity contribution in [1.82, 2.24) is 14.8 Å². The fraction of sp³-hybridized carbons (Fsp3) is 0.273. The van der Waals surface area contributed by atoms with Crippen molar-refractivity contribution in [2.24, 2.45) is 0 Å². The molecule has 0 fully saturated rings. The van der Waals surface area contributed by atoms with Crippen LogP contribution in [0, 0.1) is 0 Å². The lowest BCUT2D eigenvalue weighted by Crippen LogP contribution is -2.24. The van der Waals surface area contributed by atoms with Crippen molar-refractivity contribution < 1.29 is 0 Å². The van der Waals surface area contributed by atoms with Crippen LogP contribution in [0.1, 0.15) is 18.0 Å². The van der Waals surface area contributed by atoms with Crippen molar-refractivity contribution in [2.75, 3.05) is 11.9 Å². The zero-order valence-electron chi connectivity index (χ0n) is 8.30. The second-order valence-corrected chi connectivity index (χ2v) is 3.67. The highest BCUT2D eigenvalue weighted by molar-refractivity contribution is 5.31. The molecule has 1 unspecified atom stereocenters. The Morgan fingerprint density at radius 3 is 3.00 bits per heavy atom. The topological polar surface area (TPSA) is 42.7 Å². The normalized spacial score (nSPS) is 19.3. The summed E-state index contributed by atoms with van der Waals surface area (Å²) in [6.45, 7) is 0.957. The third-order valence-corrected chi connectivity index (χ3v) is 2.75. The van der Waals surface area contributed by atoms with Gasteiger partial charge in [-0.3, -0.25) is 0 Å². The number of rotatable bonds is 1. The van der Waals surface area contributed by atoms with Crippen LogP contribution in [0.15, 0.2) is 36.7 Å². The molecule has 1 aliphatic heterocycles. The van der Waals surface area contributed by atoms with E-state index in [2.05, 4.69) is 39.7 Å². The Morgan fingerprint density at radius 2 is 2.13 bits per heavy atom. The number of benzene rings is 1. The smallest absolute Gasteiger partial charge is 0.221 e. The van der Waals surface area contributed by atoms with Gasteiger partial charge in [0.25, 0.3) is 0 Å². The molecule has 1 aromatic carbocycles. The van der Waals surface area contributed by atoms with Crippen LogP contribution in [-0.4, -0.2) is 21.3 Å². The molecule has 0 saturated carbocycles. The molecule has 1 aromatic heterocycles. The monoisotopic (exact) mass is 200 g/mol. The zero-order valence-corrected chi connectivity index (χ0v) is 8.30. The third-order valence-electron chi connectivity index (χ3n) is 2.75. The minimum atomic E-state index is 0.324. The van der Waals surface area contributed by atoms with E-state index in [1.54, 1.807) is 6.33 Å². The Bertz CT molecular complexity index is 449. The highest BCUT2D eigenvalue weighted by Gasteiger charge is 2.21. The molecule has 1 N–H and O–H groups in total. The summed E-state index contributed by atoms with van der Waals surface area (Å²) in [5.41, 5.74) is 1.30. The van der Waals surface area contributed by atoms with Crippen LogP contribution in [-0.2, 0) is 0 Å². The maximum Gasteiger partial charge on any atom is 0.221 e. The summed E-state index contributed by atoms with van der Waals surface area (Å²) >= 11 is 0. The Hall–Kier alpha value is -1.84. The SMILES string of the molecule is c1ccc(C2CCNc3ncnn32)cc1. The fourth-order valence-electron chi connectivity index (χ4n) is 2.03. The van der Waals surface area contributed by atoms with Crippen LogP contribution >= 0.6 is 0 Å². The van der Waals surface area contributed by atoms with Crippen LogP contribution < -0.4 is 5.32 Å². The first kappa shape index (κ1) is 8.47. The van der Waals surface area contributed by atoms with Gasteiger partial charge in [0.05, 0.1) is 6.04 Å². The largest absolute Gasteiger partial charge is 0.354 e. The average Bonchev–Trinajstić information content (AvgIpc) is 2.78. The lowest BCUT2D eigenvalue weighted by Gasteiger charge is -2.24. The van der Waals surface area contributed by atoms with E-state index in [1.807, 2.05) is 10.7 Å². The zero-order chi connectivity index (χ0) is 10.1. The maximum atomic E-state index is 4.26. The summed E-state index contributed by atoms with van der Waals surface area (Å²) in [7, 11) is 0. The minimum Gasteiger partial charge on any atom is -0.354 e. The summed E-state index contributed by atoms with van der Waals surface area (Å²) in [6.07, 6.45) is 2.66. The van der Waals surface area contributed by atoms with Crippen LogP contribution in [0.5, 0.6) is 0 Å². The van der Waals surface area contributed by atoms with Crippen LogP contribution in [0.3, 0.4) is 0 Å². The summed E-state index contributed by atoms with van der Waals surface area (Å²) in [4.78, 5) is 4.17. The standard InChI is InChI=1S/C11H12N4/c1-2-4-9(5-3-1)10-6-7-12-11-13-8-14-15(10)11/h1-5,8,10H,6-7H2,(H,12,13,14). The third kappa shape index (κ3) is 1.38. The van der Waals surface area contributed by atoms with E-state index in [4.69, 9.17) is 0 Å². The van der Waals surface area contributed by atoms with Crippen molar-refractivity contribution in [3.05, 3.63) is 42.2 Å². The van der Waals surface area contributed by atoms with Gasteiger partial charge in [0.15, 0.2) is 0 Å². The molecule has 0 bridgehead atoms. The van der Waals surface area contributed by atoms with E-state index in [0.29, 0.717) is 6.04 Å². The number of nitrogens with zero attached hydrogens (tertiary/aromatic N) is 3. The Kier molecular flexibility index (Phi) is 1.91. The molecule has 1 atom stereocenters. The second kappa shape index (κ2) is 3.38. The Labute approximate surface area is 88.0 Å². The van der Waals surface area contributed by atoms with Gasteiger partial charge in [-0.05, 0) is 12.0 Å². The van der Waals surface area contributed by atoms with Crippen molar-refractivity contribution in [2.45, 2.75) is 12.5 Å². The minimum absolute atomic E-state index is 0.324. The van der Waals surface area contributed by atoms with E-state index in [9.17, 15) is 0 Å². The number of hydrogen-bond donors (Lipinski definition) is 1. The van der Waals surface area contributed by atoms with E-state index >= 15 is 0 Å². The first-order valence-corrected chi connectivity index (χ1v) is 5.13. The van der Waals surface area contributed by atoms with Gasteiger partial charge in [-0.1, -0.05) is 30.3 Å². The van der Waals surface area contributed by atoms with Gasteiger partial charge < -0.3 is 5.32 Å². The molecule has 1 aliphatic rings. The van der Waals surface area contributed by atoms with Gasteiger partial charge in [0.2, 0.25) is 5.95 Å². The maximum absolute atomic E-state index is 4.26. The molecule has 15 heavy (non-hydrogen) atoms.